The summed E-state index contributed by atoms with van der Waals surface area (Å²) < 4.78 is 24.9. The van der Waals surface area contributed by atoms with Crippen LogP contribution in [-0.2, 0) is 38.1 Å². The van der Waals surface area contributed by atoms with E-state index in [9.17, 15) is 19.2 Å². The van der Waals surface area contributed by atoms with E-state index in [0.717, 1.165) is 6.42 Å². The molecule has 0 aliphatic carbocycles. The molecule has 0 bridgehead atoms. The van der Waals surface area contributed by atoms with Crippen LogP contribution in [0.5, 0.6) is 0 Å². The van der Waals surface area contributed by atoms with Crippen molar-refractivity contribution in [2.24, 2.45) is 0 Å². The third-order valence-electron chi connectivity index (χ3n) is 8.02. The first-order chi connectivity index (χ1) is 19.3. The third kappa shape index (κ3) is 15.0. The van der Waals surface area contributed by atoms with Gasteiger partial charge in [-0.2, -0.15) is 0 Å². The Bertz CT molecular complexity index is 867. The van der Waals surface area contributed by atoms with Gasteiger partial charge in [-0.3, -0.25) is 19.2 Å². The number of carboxylic acid groups (broad SMARTS) is 2. The molecule has 0 radical (unpaired) electrons. The first-order valence-corrected chi connectivity index (χ1v) is 15.4. The highest BCUT2D eigenvalue weighted by Gasteiger charge is 2.37. The molecule has 0 aliphatic rings. The number of rotatable bonds is 25. The number of aliphatic carboxylic acids is 2. The Morgan fingerprint density at radius 1 is 0.619 bits per heavy atom. The summed E-state index contributed by atoms with van der Waals surface area (Å²) in [5, 5.41) is 17.9. The lowest BCUT2D eigenvalue weighted by Crippen LogP contribution is -2.44. The fourth-order valence-electron chi connectivity index (χ4n) is 4.74. The Hall–Kier alpha value is -1.88. The van der Waals surface area contributed by atoms with E-state index in [1.807, 2.05) is 48.5 Å². The van der Waals surface area contributed by atoms with Crippen LogP contribution < -0.4 is 0 Å². The van der Waals surface area contributed by atoms with Crippen molar-refractivity contribution in [2.45, 2.75) is 168 Å². The molecule has 4 unspecified atom stereocenters. The molecule has 0 saturated carbocycles. The SMILES string of the molecule is CCC(CC(C)(C)OCCOC(C)(CC)CC(CC)OC(C)(CC)C(=O)CCC(=O)O)OC(C)(C)C(=O)CCC(=O)O. The van der Waals surface area contributed by atoms with Gasteiger partial charge in [0, 0.05) is 25.7 Å². The molecule has 0 fully saturated rings. The second kappa shape index (κ2) is 18.0. The summed E-state index contributed by atoms with van der Waals surface area (Å²) in [6.07, 6.45) is 2.57. The molecule has 0 amide bonds. The lowest BCUT2D eigenvalue weighted by atomic mass is 9.90. The van der Waals surface area contributed by atoms with Gasteiger partial charge in [-0.25, -0.2) is 0 Å². The second-order valence-corrected chi connectivity index (χ2v) is 12.7. The van der Waals surface area contributed by atoms with Crippen LogP contribution in [0.1, 0.15) is 133 Å². The maximum atomic E-state index is 12.8. The standard InChI is InChI=1S/C32H58O10/c1-11-23(41-30(7,8)25(33)15-17-27(35)36)21-29(5,6)39-19-20-40-31(9,13-3)22-24(12-2)42-32(10,14-4)26(34)16-18-28(37)38/h23-24H,11-22H2,1-10H3,(H,35,36)(H,37,38). The van der Waals surface area contributed by atoms with Crippen molar-refractivity contribution >= 4 is 23.5 Å². The Kier molecular flexibility index (Phi) is 17.2. The van der Waals surface area contributed by atoms with Gasteiger partial charge < -0.3 is 29.2 Å². The zero-order valence-corrected chi connectivity index (χ0v) is 27.8. The van der Waals surface area contributed by atoms with E-state index in [-0.39, 0.29) is 49.5 Å². The van der Waals surface area contributed by atoms with Gasteiger partial charge in [0.1, 0.15) is 11.2 Å². The molecule has 2 N–H and O–H groups in total. The van der Waals surface area contributed by atoms with Crippen molar-refractivity contribution in [1.82, 2.24) is 0 Å². The van der Waals surface area contributed by atoms with Gasteiger partial charge in [0.05, 0.1) is 49.5 Å². The van der Waals surface area contributed by atoms with Crippen molar-refractivity contribution in [2.75, 3.05) is 13.2 Å². The molecule has 0 aromatic heterocycles. The first-order valence-electron chi connectivity index (χ1n) is 15.4. The zero-order chi connectivity index (χ0) is 32.8. The highest BCUT2D eigenvalue weighted by Crippen LogP contribution is 2.30. The summed E-state index contributed by atoms with van der Waals surface area (Å²) in [5.74, 6) is -2.46. The fraction of sp³-hybridized carbons (Fsp3) is 0.875. The zero-order valence-electron chi connectivity index (χ0n) is 27.8. The third-order valence-corrected chi connectivity index (χ3v) is 8.02. The summed E-state index contributed by atoms with van der Waals surface area (Å²) in [6, 6.07) is 0. The smallest absolute Gasteiger partial charge is 0.303 e. The van der Waals surface area contributed by atoms with E-state index in [1.54, 1.807) is 20.8 Å². The molecular weight excluding hydrogens is 544 g/mol. The van der Waals surface area contributed by atoms with Crippen LogP contribution >= 0.6 is 0 Å². The highest BCUT2D eigenvalue weighted by molar-refractivity contribution is 5.89. The number of hydrogen-bond acceptors (Lipinski definition) is 8. The van der Waals surface area contributed by atoms with E-state index in [2.05, 4.69) is 0 Å². The summed E-state index contributed by atoms with van der Waals surface area (Å²) in [4.78, 5) is 47.1. The Morgan fingerprint density at radius 2 is 1.10 bits per heavy atom. The Labute approximate surface area is 253 Å². The molecule has 10 nitrogen and oxygen atoms in total. The Balaban J connectivity index is 5.06. The number of carbonyl (C=O) groups is 4. The topological polar surface area (TPSA) is 146 Å². The van der Waals surface area contributed by atoms with Gasteiger partial charge in [-0.15, -0.1) is 0 Å². The van der Waals surface area contributed by atoms with Crippen molar-refractivity contribution in [3.8, 4) is 0 Å². The van der Waals surface area contributed by atoms with Crippen LogP contribution in [0.25, 0.3) is 0 Å². The number of Topliss-reactive ketones (excluding diaryl/α,β-unsaturated/α-hetero) is 2. The highest BCUT2D eigenvalue weighted by atomic mass is 16.6. The van der Waals surface area contributed by atoms with Crippen molar-refractivity contribution < 1.29 is 48.3 Å². The van der Waals surface area contributed by atoms with E-state index in [0.29, 0.717) is 45.3 Å². The van der Waals surface area contributed by atoms with E-state index in [1.165, 1.54) is 0 Å². The molecule has 10 heteroatoms. The quantitative estimate of drug-likeness (QED) is 0.117. The summed E-state index contributed by atoms with van der Waals surface area (Å²) in [6.45, 7) is 19.6. The number of ether oxygens (including phenoxy) is 4. The number of ketones is 2. The van der Waals surface area contributed by atoms with Crippen LogP contribution in [0, 0.1) is 0 Å². The lowest BCUT2D eigenvalue weighted by molar-refractivity contribution is -0.165. The molecule has 0 rings (SSSR count). The number of hydrogen-bond donors (Lipinski definition) is 2. The molecule has 0 heterocycles. The monoisotopic (exact) mass is 602 g/mol. The van der Waals surface area contributed by atoms with Crippen LogP contribution in [-0.4, -0.2) is 81.5 Å². The van der Waals surface area contributed by atoms with Gasteiger partial charge >= 0.3 is 11.9 Å². The average Bonchev–Trinajstić information content (AvgIpc) is 2.91. The molecule has 0 aliphatic heterocycles. The maximum Gasteiger partial charge on any atom is 0.303 e. The summed E-state index contributed by atoms with van der Waals surface area (Å²) in [5.41, 5.74) is -3.21. The maximum absolute atomic E-state index is 12.8. The molecule has 0 saturated heterocycles. The van der Waals surface area contributed by atoms with E-state index in [4.69, 9.17) is 29.2 Å². The minimum atomic E-state index is -1.09. The van der Waals surface area contributed by atoms with Crippen molar-refractivity contribution in [3.63, 3.8) is 0 Å². The fourth-order valence-corrected chi connectivity index (χ4v) is 4.74. The summed E-state index contributed by atoms with van der Waals surface area (Å²) >= 11 is 0. The molecule has 246 valence electrons. The van der Waals surface area contributed by atoms with E-state index < -0.39 is 34.3 Å². The Morgan fingerprint density at radius 3 is 1.55 bits per heavy atom. The normalized spacial score (nSPS) is 16.7. The largest absolute Gasteiger partial charge is 0.481 e. The van der Waals surface area contributed by atoms with E-state index >= 15 is 0 Å². The average molecular weight is 603 g/mol. The molecule has 0 spiro atoms. The van der Waals surface area contributed by atoms with Crippen LogP contribution in [0.3, 0.4) is 0 Å². The molecule has 42 heavy (non-hydrogen) atoms. The lowest BCUT2D eigenvalue weighted by Gasteiger charge is -2.37. The van der Waals surface area contributed by atoms with Crippen molar-refractivity contribution in [1.29, 1.82) is 0 Å². The molecule has 0 aromatic rings. The molecule has 0 aromatic carbocycles. The van der Waals surface area contributed by atoms with Gasteiger partial charge in [0.2, 0.25) is 0 Å². The summed E-state index contributed by atoms with van der Waals surface area (Å²) in [7, 11) is 0. The first kappa shape index (κ1) is 40.1. The number of carboxylic acids is 2. The minimum Gasteiger partial charge on any atom is -0.481 e. The van der Waals surface area contributed by atoms with Gasteiger partial charge in [0.25, 0.3) is 0 Å². The van der Waals surface area contributed by atoms with Crippen LogP contribution in [0.4, 0.5) is 0 Å². The minimum absolute atomic E-state index is 0.0623. The number of carbonyl (C=O) groups excluding carboxylic acids is 2. The second-order valence-electron chi connectivity index (χ2n) is 12.7. The predicted octanol–water partition coefficient (Wildman–Crippen LogP) is 6.15. The van der Waals surface area contributed by atoms with Crippen LogP contribution in [0.2, 0.25) is 0 Å². The molecular formula is C32H58O10. The van der Waals surface area contributed by atoms with Gasteiger partial charge in [-0.05, 0) is 67.2 Å². The van der Waals surface area contributed by atoms with Gasteiger partial charge in [-0.1, -0.05) is 27.7 Å². The van der Waals surface area contributed by atoms with Crippen LogP contribution in [0.15, 0.2) is 0 Å². The predicted molar refractivity (Wildman–Crippen MR) is 161 cm³/mol. The molecule has 4 atom stereocenters. The van der Waals surface area contributed by atoms with Crippen molar-refractivity contribution in [3.05, 3.63) is 0 Å². The van der Waals surface area contributed by atoms with Gasteiger partial charge in [0.15, 0.2) is 11.6 Å².